The summed E-state index contributed by atoms with van der Waals surface area (Å²) in [5.74, 6) is -0.479. The van der Waals surface area contributed by atoms with Crippen molar-refractivity contribution in [3.63, 3.8) is 0 Å². The first-order valence-electron chi connectivity index (χ1n) is 10.4. The van der Waals surface area contributed by atoms with E-state index in [1.807, 2.05) is 6.07 Å². The minimum absolute atomic E-state index is 0.177. The van der Waals surface area contributed by atoms with Crippen molar-refractivity contribution in [2.24, 2.45) is 11.7 Å². The Morgan fingerprint density at radius 2 is 1.45 bits per heavy atom. The lowest BCUT2D eigenvalue weighted by molar-refractivity contribution is 0.0948. The SMILES string of the molecule is NC[C@@H]1C[C@@H](CNC(=O)c2cc(-c3ccc(F)cc3)cc(-c3ccc(F)cc3)c2)CN1. The fraction of sp³-hybridized carbons (Fsp3) is 0.240. The molecule has 4 N–H and O–H groups in total. The minimum Gasteiger partial charge on any atom is -0.352 e. The molecule has 0 radical (unpaired) electrons. The third kappa shape index (κ3) is 5.16. The summed E-state index contributed by atoms with van der Waals surface area (Å²) in [6.45, 7) is 1.98. The van der Waals surface area contributed by atoms with Gasteiger partial charge in [-0.3, -0.25) is 4.79 Å². The maximum atomic E-state index is 13.4. The quantitative estimate of drug-likeness (QED) is 0.564. The van der Waals surface area contributed by atoms with Crippen molar-refractivity contribution >= 4 is 5.91 Å². The Kier molecular flexibility index (Phi) is 6.39. The maximum absolute atomic E-state index is 13.4. The van der Waals surface area contributed by atoms with Crippen LogP contribution in [0.15, 0.2) is 66.7 Å². The molecule has 4 rings (SSSR count). The van der Waals surface area contributed by atoms with Crippen LogP contribution in [0.4, 0.5) is 8.78 Å². The zero-order chi connectivity index (χ0) is 21.8. The van der Waals surface area contributed by atoms with Crippen LogP contribution in [0.5, 0.6) is 0 Å². The number of halogens is 2. The summed E-state index contributed by atoms with van der Waals surface area (Å²) in [7, 11) is 0. The molecular formula is C25H25F2N3O. The van der Waals surface area contributed by atoms with Crippen molar-refractivity contribution < 1.29 is 13.6 Å². The van der Waals surface area contributed by atoms with Crippen molar-refractivity contribution in [1.82, 2.24) is 10.6 Å². The van der Waals surface area contributed by atoms with Crippen LogP contribution in [-0.4, -0.2) is 31.6 Å². The molecule has 1 heterocycles. The second-order valence-electron chi connectivity index (χ2n) is 7.97. The highest BCUT2D eigenvalue weighted by atomic mass is 19.1. The number of amides is 1. The molecule has 3 aromatic rings. The Balaban J connectivity index is 1.61. The van der Waals surface area contributed by atoms with Crippen LogP contribution in [0.3, 0.4) is 0 Å². The molecule has 0 aromatic heterocycles. The van der Waals surface area contributed by atoms with Crippen molar-refractivity contribution in [1.29, 1.82) is 0 Å². The normalized spacial score (nSPS) is 18.2. The maximum Gasteiger partial charge on any atom is 0.251 e. The molecule has 2 atom stereocenters. The summed E-state index contributed by atoms with van der Waals surface area (Å²) in [4.78, 5) is 13.0. The summed E-state index contributed by atoms with van der Waals surface area (Å²) in [6, 6.07) is 18.1. The molecule has 0 spiro atoms. The third-order valence-electron chi connectivity index (χ3n) is 5.70. The molecule has 160 valence electrons. The summed E-state index contributed by atoms with van der Waals surface area (Å²) >= 11 is 0. The highest BCUT2D eigenvalue weighted by Crippen LogP contribution is 2.29. The second kappa shape index (κ2) is 9.37. The van der Waals surface area contributed by atoms with E-state index in [0.29, 0.717) is 30.6 Å². The van der Waals surface area contributed by atoms with E-state index in [-0.39, 0.29) is 17.5 Å². The first-order valence-corrected chi connectivity index (χ1v) is 10.4. The van der Waals surface area contributed by atoms with Crippen molar-refractivity contribution in [2.75, 3.05) is 19.6 Å². The first kappa shape index (κ1) is 21.2. The molecule has 1 amide bonds. The first-order chi connectivity index (χ1) is 15.0. The van der Waals surface area contributed by atoms with Crippen molar-refractivity contribution in [3.05, 3.63) is 83.9 Å². The molecule has 31 heavy (non-hydrogen) atoms. The van der Waals surface area contributed by atoms with Gasteiger partial charge in [-0.2, -0.15) is 0 Å². The summed E-state index contributed by atoms with van der Waals surface area (Å²) in [6.07, 6.45) is 0.938. The number of hydrogen-bond donors (Lipinski definition) is 3. The molecule has 6 heteroatoms. The number of rotatable bonds is 6. The molecule has 0 saturated carbocycles. The van der Waals surface area contributed by atoms with Crippen LogP contribution in [-0.2, 0) is 0 Å². The monoisotopic (exact) mass is 421 g/mol. The van der Waals surface area contributed by atoms with Crippen LogP contribution in [0, 0.1) is 17.6 Å². The van der Waals surface area contributed by atoms with Gasteiger partial charge in [0.15, 0.2) is 0 Å². The Hall–Kier alpha value is -3.09. The van der Waals surface area contributed by atoms with E-state index in [2.05, 4.69) is 10.6 Å². The molecule has 1 aliphatic rings. The number of nitrogens with one attached hydrogen (secondary N) is 2. The highest BCUT2D eigenvalue weighted by molar-refractivity contribution is 5.97. The average Bonchev–Trinajstić information content (AvgIpc) is 3.26. The zero-order valence-electron chi connectivity index (χ0n) is 17.1. The van der Waals surface area contributed by atoms with Crippen LogP contribution in [0.25, 0.3) is 22.3 Å². The third-order valence-corrected chi connectivity index (χ3v) is 5.70. The van der Waals surface area contributed by atoms with E-state index in [4.69, 9.17) is 5.73 Å². The van der Waals surface area contributed by atoms with Gasteiger partial charge in [0.2, 0.25) is 0 Å². The van der Waals surface area contributed by atoms with Gasteiger partial charge in [-0.05, 0) is 77.1 Å². The van der Waals surface area contributed by atoms with Gasteiger partial charge in [-0.15, -0.1) is 0 Å². The van der Waals surface area contributed by atoms with Crippen LogP contribution < -0.4 is 16.4 Å². The average molecular weight is 421 g/mol. The van der Waals surface area contributed by atoms with E-state index in [0.717, 1.165) is 35.2 Å². The smallest absolute Gasteiger partial charge is 0.251 e. The summed E-state index contributed by atoms with van der Waals surface area (Å²) < 4.78 is 26.8. The molecule has 4 nitrogen and oxygen atoms in total. The molecule has 0 bridgehead atoms. The predicted octanol–water partition coefficient (Wildman–Crippen LogP) is 3.97. The minimum atomic E-state index is -0.322. The van der Waals surface area contributed by atoms with Gasteiger partial charge < -0.3 is 16.4 Å². The largest absolute Gasteiger partial charge is 0.352 e. The van der Waals surface area contributed by atoms with Crippen LogP contribution in [0.1, 0.15) is 16.8 Å². The Morgan fingerprint density at radius 3 is 1.94 bits per heavy atom. The number of hydrogen-bond acceptors (Lipinski definition) is 3. The van der Waals surface area contributed by atoms with Crippen LogP contribution >= 0.6 is 0 Å². The summed E-state index contributed by atoms with van der Waals surface area (Å²) in [5.41, 5.74) is 9.38. The van der Waals surface area contributed by atoms with E-state index < -0.39 is 0 Å². The van der Waals surface area contributed by atoms with Crippen LogP contribution in [0.2, 0.25) is 0 Å². The molecule has 0 unspecified atom stereocenters. The fourth-order valence-electron chi connectivity index (χ4n) is 3.95. The van der Waals surface area contributed by atoms with Gasteiger partial charge in [-0.1, -0.05) is 24.3 Å². The lowest BCUT2D eigenvalue weighted by atomic mass is 9.95. The molecule has 0 aliphatic carbocycles. The number of carbonyl (C=O) groups excluding carboxylic acids is 1. The van der Waals surface area contributed by atoms with E-state index >= 15 is 0 Å². The second-order valence-corrected chi connectivity index (χ2v) is 7.97. The Morgan fingerprint density at radius 1 is 0.903 bits per heavy atom. The number of nitrogens with two attached hydrogens (primary N) is 1. The van der Waals surface area contributed by atoms with E-state index in [1.165, 1.54) is 24.3 Å². The molecule has 1 fully saturated rings. The van der Waals surface area contributed by atoms with Gasteiger partial charge in [0.25, 0.3) is 5.91 Å². The predicted molar refractivity (Wildman–Crippen MR) is 119 cm³/mol. The van der Waals surface area contributed by atoms with Crippen molar-refractivity contribution in [3.8, 4) is 22.3 Å². The van der Waals surface area contributed by atoms with Gasteiger partial charge in [0, 0.05) is 31.2 Å². The molecule has 1 aliphatic heterocycles. The Labute approximate surface area is 180 Å². The van der Waals surface area contributed by atoms with Gasteiger partial charge in [0.1, 0.15) is 11.6 Å². The summed E-state index contributed by atoms with van der Waals surface area (Å²) in [5, 5.41) is 6.37. The molecular weight excluding hydrogens is 396 g/mol. The van der Waals surface area contributed by atoms with Gasteiger partial charge >= 0.3 is 0 Å². The lowest BCUT2D eigenvalue weighted by Gasteiger charge is -2.13. The standard InChI is InChI=1S/C25H25F2N3O/c26-22-5-1-17(2-6-22)19-10-20(18-3-7-23(27)8-4-18)12-21(11-19)25(31)30-15-16-9-24(13-28)29-14-16/h1-8,10-12,16,24,29H,9,13-15,28H2,(H,30,31)/t16-,24+/m1/s1. The lowest BCUT2D eigenvalue weighted by Crippen LogP contribution is -2.30. The van der Waals surface area contributed by atoms with Gasteiger partial charge in [0.05, 0.1) is 0 Å². The number of benzene rings is 3. The number of carbonyl (C=O) groups is 1. The topological polar surface area (TPSA) is 67.1 Å². The van der Waals surface area contributed by atoms with E-state index in [9.17, 15) is 13.6 Å². The fourth-order valence-corrected chi connectivity index (χ4v) is 3.95. The zero-order valence-corrected chi connectivity index (χ0v) is 17.1. The van der Waals surface area contributed by atoms with Gasteiger partial charge in [-0.25, -0.2) is 8.78 Å². The van der Waals surface area contributed by atoms with Crippen molar-refractivity contribution in [2.45, 2.75) is 12.5 Å². The Bertz CT molecular complexity index is 988. The molecule has 3 aromatic carbocycles. The molecule has 1 saturated heterocycles. The highest BCUT2D eigenvalue weighted by Gasteiger charge is 2.23. The van der Waals surface area contributed by atoms with E-state index in [1.54, 1.807) is 36.4 Å².